The Morgan fingerprint density at radius 1 is 1.05 bits per heavy atom. The molecule has 1 aliphatic heterocycles. The fourth-order valence-corrected chi connectivity index (χ4v) is 2.87. The number of piperidine rings is 1. The molecule has 0 amide bonds. The number of benzene rings is 2. The minimum absolute atomic E-state index is 0.214. The second-order valence-electron chi connectivity index (χ2n) is 5.69. The Labute approximate surface area is 129 Å². The molecular weight excluding hydrogens is 284 g/mol. The standard InChI is InChI=1S/C18H19F2NO/c19-15-4-2-5-16(12-15)22-18-14(3-1-6-17(18)20)11-13-7-9-21-10-8-13/h1-6,12-13,21H,7-11H2. The molecule has 2 aromatic carbocycles. The molecule has 0 aliphatic carbocycles. The van der Waals surface area contributed by atoms with Gasteiger partial charge in [-0.1, -0.05) is 18.2 Å². The Morgan fingerprint density at radius 2 is 1.82 bits per heavy atom. The van der Waals surface area contributed by atoms with E-state index in [1.807, 2.05) is 6.07 Å². The summed E-state index contributed by atoms with van der Waals surface area (Å²) in [7, 11) is 0. The van der Waals surface area contributed by atoms with Gasteiger partial charge in [0.15, 0.2) is 11.6 Å². The van der Waals surface area contributed by atoms with Crippen molar-refractivity contribution >= 4 is 0 Å². The molecule has 4 heteroatoms. The lowest BCUT2D eigenvalue weighted by atomic mass is 9.90. The first-order valence-electron chi connectivity index (χ1n) is 7.64. The van der Waals surface area contributed by atoms with Gasteiger partial charge in [-0.3, -0.25) is 0 Å². The monoisotopic (exact) mass is 303 g/mol. The molecule has 3 rings (SSSR count). The van der Waals surface area contributed by atoms with Crippen molar-refractivity contribution in [3.8, 4) is 11.5 Å². The van der Waals surface area contributed by atoms with Crippen LogP contribution in [-0.4, -0.2) is 13.1 Å². The second-order valence-corrected chi connectivity index (χ2v) is 5.69. The first-order chi connectivity index (χ1) is 10.7. The summed E-state index contributed by atoms with van der Waals surface area (Å²) in [5.74, 6) is 0.255. The van der Waals surface area contributed by atoms with E-state index in [1.54, 1.807) is 18.2 Å². The summed E-state index contributed by atoms with van der Waals surface area (Å²) in [6, 6.07) is 10.7. The molecule has 1 heterocycles. The van der Waals surface area contributed by atoms with E-state index in [4.69, 9.17) is 4.74 Å². The van der Waals surface area contributed by atoms with Crippen molar-refractivity contribution < 1.29 is 13.5 Å². The van der Waals surface area contributed by atoms with E-state index >= 15 is 0 Å². The molecule has 0 radical (unpaired) electrons. The van der Waals surface area contributed by atoms with Crippen molar-refractivity contribution in [1.82, 2.24) is 5.32 Å². The van der Waals surface area contributed by atoms with Crippen molar-refractivity contribution in [2.45, 2.75) is 19.3 Å². The summed E-state index contributed by atoms with van der Waals surface area (Å²) in [6.45, 7) is 2.00. The summed E-state index contributed by atoms with van der Waals surface area (Å²) in [6.07, 6.45) is 2.94. The van der Waals surface area contributed by atoms with Crippen molar-refractivity contribution in [2.24, 2.45) is 5.92 Å². The van der Waals surface area contributed by atoms with Gasteiger partial charge in [0, 0.05) is 6.07 Å². The van der Waals surface area contributed by atoms with Gasteiger partial charge in [-0.15, -0.1) is 0 Å². The Bertz CT molecular complexity index is 639. The van der Waals surface area contributed by atoms with Gasteiger partial charge in [-0.05, 0) is 62.0 Å². The molecule has 0 atom stereocenters. The molecule has 116 valence electrons. The zero-order chi connectivity index (χ0) is 15.4. The molecule has 1 fully saturated rings. The van der Waals surface area contributed by atoms with E-state index < -0.39 is 11.6 Å². The number of para-hydroxylation sites is 1. The average molecular weight is 303 g/mol. The average Bonchev–Trinajstić information content (AvgIpc) is 2.52. The first kappa shape index (κ1) is 15.0. The fraction of sp³-hybridized carbons (Fsp3) is 0.333. The highest BCUT2D eigenvalue weighted by atomic mass is 19.1. The van der Waals surface area contributed by atoms with Crippen LogP contribution < -0.4 is 10.1 Å². The van der Waals surface area contributed by atoms with Crippen molar-refractivity contribution in [2.75, 3.05) is 13.1 Å². The third kappa shape index (κ3) is 3.63. The molecule has 22 heavy (non-hydrogen) atoms. The van der Waals surface area contributed by atoms with Crippen LogP contribution in [0.3, 0.4) is 0 Å². The van der Waals surface area contributed by atoms with Crippen LogP contribution in [0.4, 0.5) is 8.78 Å². The predicted octanol–water partition coefficient (Wildman–Crippen LogP) is 4.30. The smallest absolute Gasteiger partial charge is 0.166 e. The largest absolute Gasteiger partial charge is 0.454 e. The normalized spacial score (nSPS) is 15.7. The van der Waals surface area contributed by atoms with Crippen LogP contribution in [0.1, 0.15) is 18.4 Å². The van der Waals surface area contributed by atoms with Gasteiger partial charge in [-0.2, -0.15) is 0 Å². The van der Waals surface area contributed by atoms with E-state index in [-0.39, 0.29) is 5.75 Å². The summed E-state index contributed by atoms with van der Waals surface area (Å²) >= 11 is 0. The quantitative estimate of drug-likeness (QED) is 0.909. The molecule has 2 nitrogen and oxygen atoms in total. The maximum atomic E-state index is 14.2. The maximum Gasteiger partial charge on any atom is 0.166 e. The van der Waals surface area contributed by atoms with Crippen LogP contribution >= 0.6 is 0 Å². The number of rotatable bonds is 4. The van der Waals surface area contributed by atoms with Crippen LogP contribution in [0.15, 0.2) is 42.5 Å². The number of halogens is 2. The van der Waals surface area contributed by atoms with Gasteiger partial charge < -0.3 is 10.1 Å². The van der Waals surface area contributed by atoms with E-state index in [2.05, 4.69) is 5.32 Å². The van der Waals surface area contributed by atoms with E-state index in [0.29, 0.717) is 11.7 Å². The van der Waals surface area contributed by atoms with Crippen LogP contribution in [0.2, 0.25) is 0 Å². The van der Waals surface area contributed by atoms with Crippen molar-refractivity contribution in [3.05, 3.63) is 59.7 Å². The highest BCUT2D eigenvalue weighted by molar-refractivity contribution is 5.39. The SMILES string of the molecule is Fc1cccc(Oc2c(F)cccc2CC2CCNCC2)c1. The predicted molar refractivity (Wildman–Crippen MR) is 82.2 cm³/mol. The van der Waals surface area contributed by atoms with E-state index in [9.17, 15) is 8.78 Å². The molecule has 1 N–H and O–H groups in total. The Hall–Kier alpha value is -1.94. The minimum Gasteiger partial charge on any atom is -0.454 e. The molecule has 0 saturated carbocycles. The summed E-state index contributed by atoms with van der Waals surface area (Å²) in [5, 5.41) is 3.33. The van der Waals surface area contributed by atoms with Gasteiger partial charge in [0.2, 0.25) is 0 Å². The topological polar surface area (TPSA) is 21.3 Å². The zero-order valence-corrected chi connectivity index (χ0v) is 12.3. The zero-order valence-electron chi connectivity index (χ0n) is 12.3. The molecule has 0 bridgehead atoms. The number of hydrogen-bond acceptors (Lipinski definition) is 2. The molecule has 0 spiro atoms. The van der Waals surface area contributed by atoms with Gasteiger partial charge >= 0.3 is 0 Å². The summed E-state index contributed by atoms with van der Waals surface area (Å²) in [4.78, 5) is 0. The van der Waals surface area contributed by atoms with Crippen LogP contribution in [0, 0.1) is 17.6 Å². The Balaban J connectivity index is 1.82. The number of hydrogen-bond donors (Lipinski definition) is 1. The molecule has 0 unspecified atom stereocenters. The molecule has 1 aliphatic rings. The van der Waals surface area contributed by atoms with Crippen LogP contribution in [-0.2, 0) is 6.42 Å². The van der Waals surface area contributed by atoms with Gasteiger partial charge in [-0.25, -0.2) is 8.78 Å². The van der Waals surface area contributed by atoms with Gasteiger partial charge in [0.05, 0.1) is 0 Å². The highest BCUT2D eigenvalue weighted by Gasteiger charge is 2.18. The number of ether oxygens (including phenoxy) is 1. The van der Waals surface area contributed by atoms with E-state index in [0.717, 1.165) is 37.9 Å². The molecule has 1 saturated heterocycles. The van der Waals surface area contributed by atoms with Gasteiger partial charge in [0.1, 0.15) is 11.6 Å². The first-order valence-corrected chi connectivity index (χ1v) is 7.64. The van der Waals surface area contributed by atoms with Crippen molar-refractivity contribution in [3.63, 3.8) is 0 Å². The lowest BCUT2D eigenvalue weighted by molar-refractivity contribution is 0.364. The number of nitrogens with one attached hydrogen (secondary N) is 1. The maximum absolute atomic E-state index is 14.2. The Morgan fingerprint density at radius 3 is 2.59 bits per heavy atom. The van der Waals surface area contributed by atoms with Crippen LogP contribution in [0.25, 0.3) is 0 Å². The third-order valence-corrected chi connectivity index (χ3v) is 4.03. The second kappa shape index (κ2) is 6.88. The summed E-state index contributed by atoms with van der Waals surface area (Å²) < 4.78 is 33.1. The highest BCUT2D eigenvalue weighted by Crippen LogP contribution is 2.31. The van der Waals surface area contributed by atoms with E-state index in [1.165, 1.54) is 18.2 Å². The van der Waals surface area contributed by atoms with Gasteiger partial charge in [0.25, 0.3) is 0 Å². The minimum atomic E-state index is -0.407. The Kier molecular flexibility index (Phi) is 4.68. The van der Waals surface area contributed by atoms with Crippen molar-refractivity contribution in [1.29, 1.82) is 0 Å². The third-order valence-electron chi connectivity index (χ3n) is 4.03. The molecule has 0 aromatic heterocycles. The fourth-order valence-electron chi connectivity index (χ4n) is 2.87. The lowest BCUT2D eigenvalue weighted by Gasteiger charge is -2.23. The molecule has 2 aromatic rings. The lowest BCUT2D eigenvalue weighted by Crippen LogP contribution is -2.28. The summed E-state index contributed by atoms with van der Waals surface area (Å²) in [5.41, 5.74) is 0.844. The van der Waals surface area contributed by atoms with Crippen LogP contribution in [0.5, 0.6) is 11.5 Å². The molecular formula is C18H19F2NO.